The fraction of sp³-hybridized carbons (Fsp3) is 0.560. The lowest BCUT2D eigenvalue weighted by molar-refractivity contribution is -0.0877. The Bertz CT molecular complexity index is 2010. The molecule has 0 radical (unpaired) electrons. The number of ether oxygens (including phenoxy) is 3. The molecule has 0 spiro atoms. The molecule has 2 bridgehead atoms. The highest BCUT2D eigenvalue weighted by Crippen LogP contribution is 2.59. The van der Waals surface area contributed by atoms with Gasteiger partial charge in [0.1, 0.15) is 23.4 Å². The smallest absolute Gasteiger partial charge is 0.410 e. The van der Waals surface area contributed by atoms with Gasteiger partial charge in [-0.1, -0.05) is 75.6 Å². The number of benzene rings is 3. The molecule has 7 unspecified atom stereocenters. The van der Waals surface area contributed by atoms with Crippen LogP contribution in [0.3, 0.4) is 0 Å². The maximum Gasteiger partial charge on any atom is 0.410 e. The summed E-state index contributed by atoms with van der Waals surface area (Å²) in [6.07, 6.45) is 7.25. The van der Waals surface area contributed by atoms with Crippen molar-refractivity contribution >= 4 is 23.5 Å². The van der Waals surface area contributed by atoms with Crippen LogP contribution in [0.1, 0.15) is 131 Å². The normalized spacial score (nSPS) is 27.1. The standard InChI is InChI=1S/C50H65ClFNO7/c1-31(2)38-19-14-33(4)24-47(38)60-48(56)53(29-35-16-18-37(58-6)27-46(35)59-7)30-50(57)23-21-42-39-20-15-34(25-36(54)17-13-32(3)10-9-22-49(42,50)5)26-40(39)45(55)28-41-43(51)11-8-12-44(41)52/h8,10-12,15-16,18,20,26-27,31,33,36,38,42,47,54,57H,9,13-14,17,19,21-25,28-30H2,1-7H3. The van der Waals surface area contributed by atoms with Gasteiger partial charge in [-0.25, -0.2) is 9.18 Å². The molecular formula is C50H65ClFNO7. The van der Waals surface area contributed by atoms with E-state index in [0.29, 0.717) is 73.8 Å². The third kappa shape index (κ3) is 10.1. The van der Waals surface area contributed by atoms with Crippen LogP contribution in [0.2, 0.25) is 5.02 Å². The summed E-state index contributed by atoms with van der Waals surface area (Å²) < 4.78 is 32.9. The van der Waals surface area contributed by atoms with Crippen molar-refractivity contribution in [2.45, 2.75) is 136 Å². The van der Waals surface area contributed by atoms with E-state index in [1.165, 1.54) is 12.1 Å². The molecule has 8 nitrogen and oxygen atoms in total. The van der Waals surface area contributed by atoms with Crippen molar-refractivity contribution in [3.8, 4) is 11.5 Å². The average Bonchev–Trinajstić information content (AvgIpc) is 3.46. The lowest BCUT2D eigenvalue weighted by Crippen LogP contribution is -2.54. The van der Waals surface area contributed by atoms with Gasteiger partial charge < -0.3 is 29.3 Å². The minimum absolute atomic E-state index is 0.0102. The fourth-order valence-electron chi connectivity index (χ4n) is 10.3. The molecule has 2 N–H and O–H groups in total. The van der Waals surface area contributed by atoms with Crippen LogP contribution in [0.4, 0.5) is 9.18 Å². The number of amides is 1. The van der Waals surface area contributed by atoms with E-state index in [-0.39, 0.29) is 53.8 Å². The molecule has 7 rings (SSSR count). The summed E-state index contributed by atoms with van der Waals surface area (Å²) in [5.74, 6) is 1.04. The SMILES string of the molecule is COc1ccc(CN(CC2(O)CCC3c4ccc(cc4C(=O)Cc4c(F)cccc4Cl)CC(O)CCC(C)=CCCC32C)C(=O)OC2CC(C)CCC2C(C)C)c(OC)c1. The molecule has 326 valence electrons. The Morgan fingerprint density at radius 3 is 2.52 bits per heavy atom. The minimum atomic E-state index is -1.41. The molecule has 0 heterocycles. The highest BCUT2D eigenvalue weighted by Gasteiger charge is 2.58. The van der Waals surface area contributed by atoms with Crippen LogP contribution in [0.15, 0.2) is 66.2 Å². The van der Waals surface area contributed by atoms with Crippen molar-refractivity contribution in [1.82, 2.24) is 4.90 Å². The maximum atomic E-state index is 15.1. The van der Waals surface area contributed by atoms with E-state index >= 15 is 4.39 Å². The first-order valence-electron chi connectivity index (χ1n) is 21.9. The Morgan fingerprint density at radius 1 is 1.02 bits per heavy atom. The monoisotopic (exact) mass is 845 g/mol. The summed E-state index contributed by atoms with van der Waals surface area (Å²) in [6, 6.07) is 15.7. The third-order valence-corrected chi connectivity index (χ3v) is 14.5. The summed E-state index contributed by atoms with van der Waals surface area (Å²) >= 11 is 6.44. The lowest BCUT2D eigenvalue weighted by Gasteiger charge is -2.46. The van der Waals surface area contributed by atoms with Crippen molar-refractivity contribution in [3.05, 3.63) is 105 Å². The summed E-state index contributed by atoms with van der Waals surface area (Å²) in [5.41, 5.74) is 1.82. The number of aliphatic hydroxyl groups is 2. The van der Waals surface area contributed by atoms with Gasteiger partial charge in [0.2, 0.25) is 0 Å². The highest BCUT2D eigenvalue weighted by molar-refractivity contribution is 6.31. The molecule has 10 heteroatoms. The second-order valence-corrected chi connectivity index (χ2v) is 18.9. The zero-order chi connectivity index (χ0) is 43.4. The lowest BCUT2D eigenvalue weighted by atomic mass is 9.64. The Kier molecular flexibility index (Phi) is 14.8. The number of rotatable bonds is 11. The Labute approximate surface area is 361 Å². The molecule has 1 amide bonds. The van der Waals surface area contributed by atoms with E-state index in [9.17, 15) is 19.8 Å². The van der Waals surface area contributed by atoms with Crippen LogP contribution in [0.25, 0.3) is 0 Å². The number of methoxy groups -OCH3 is 2. The van der Waals surface area contributed by atoms with Crippen molar-refractivity contribution in [3.63, 3.8) is 0 Å². The van der Waals surface area contributed by atoms with Crippen LogP contribution in [0, 0.1) is 29.0 Å². The first-order valence-corrected chi connectivity index (χ1v) is 22.2. The topological polar surface area (TPSA) is 106 Å². The van der Waals surface area contributed by atoms with E-state index in [1.807, 2.05) is 30.3 Å². The van der Waals surface area contributed by atoms with Crippen LogP contribution >= 0.6 is 11.6 Å². The van der Waals surface area contributed by atoms with Gasteiger partial charge >= 0.3 is 6.09 Å². The van der Waals surface area contributed by atoms with Crippen LogP contribution in [0.5, 0.6) is 11.5 Å². The number of halogens is 2. The number of hydrogen-bond acceptors (Lipinski definition) is 7. The number of nitrogens with zero attached hydrogens (tertiary/aromatic N) is 1. The van der Waals surface area contributed by atoms with Crippen molar-refractivity contribution < 1.29 is 38.4 Å². The number of fused-ring (bicyclic) bond motifs is 8. The maximum absolute atomic E-state index is 15.1. The van der Waals surface area contributed by atoms with Gasteiger partial charge in [-0.3, -0.25) is 4.79 Å². The predicted octanol–water partition coefficient (Wildman–Crippen LogP) is 11.1. The average molecular weight is 847 g/mol. The second-order valence-electron chi connectivity index (χ2n) is 18.5. The van der Waals surface area contributed by atoms with Crippen LogP contribution < -0.4 is 9.47 Å². The van der Waals surface area contributed by atoms with E-state index in [0.717, 1.165) is 41.5 Å². The fourth-order valence-corrected chi connectivity index (χ4v) is 10.6. The van der Waals surface area contributed by atoms with E-state index < -0.39 is 29.0 Å². The molecule has 0 saturated heterocycles. The van der Waals surface area contributed by atoms with Crippen molar-refractivity contribution in [2.24, 2.45) is 23.2 Å². The van der Waals surface area contributed by atoms with Gasteiger partial charge in [0, 0.05) is 39.6 Å². The van der Waals surface area contributed by atoms with Crippen molar-refractivity contribution in [2.75, 3.05) is 20.8 Å². The minimum Gasteiger partial charge on any atom is -0.497 e. The number of Topliss-reactive ketones (excluding diaryl/α,β-unsaturated/α-hetero) is 1. The zero-order valence-electron chi connectivity index (χ0n) is 36.6. The number of aliphatic hydroxyl groups excluding tert-OH is 1. The highest BCUT2D eigenvalue weighted by atomic mass is 35.5. The number of allylic oxidation sites excluding steroid dienone is 2. The molecule has 0 aliphatic heterocycles. The predicted molar refractivity (Wildman–Crippen MR) is 234 cm³/mol. The molecule has 3 aromatic carbocycles. The van der Waals surface area contributed by atoms with Gasteiger partial charge in [0.25, 0.3) is 0 Å². The summed E-state index contributed by atoms with van der Waals surface area (Å²) in [6.45, 7) is 10.9. The second kappa shape index (κ2) is 19.4. The summed E-state index contributed by atoms with van der Waals surface area (Å²) in [4.78, 5) is 30.8. The van der Waals surface area contributed by atoms with E-state index in [2.05, 4.69) is 40.7 Å². The zero-order valence-corrected chi connectivity index (χ0v) is 37.3. The summed E-state index contributed by atoms with van der Waals surface area (Å²) in [5, 5.41) is 24.6. The Morgan fingerprint density at radius 2 is 1.80 bits per heavy atom. The van der Waals surface area contributed by atoms with Gasteiger partial charge in [-0.15, -0.1) is 0 Å². The van der Waals surface area contributed by atoms with Gasteiger partial charge in [-0.2, -0.15) is 0 Å². The molecule has 4 aliphatic rings. The Hall–Kier alpha value is -3.92. The number of hydrogen-bond donors (Lipinski definition) is 2. The molecule has 2 saturated carbocycles. The quantitative estimate of drug-likeness (QED) is 0.146. The van der Waals surface area contributed by atoms with Crippen LogP contribution in [-0.2, 0) is 24.1 Å². The molecule has 2 fully saturated rings. The third-order valence-electron chi connectivity index (χ3n) is 14.2. The number of ketones is 1. The summed E-state index contributed by atoms with van der Waals surface area (Å²) in [7, 11) is 3.18. The van der Waals surface area contributed by atoms with E-state index in [4.69, 9.17) is 25.8 Å². The van der Waals surface area contributed by atoms with Gasteiger partial charge in [0.05, 0.1) is 39.0 Å². The molecule has 0 aromatic heterocycles. The number of carbonyl (C=O) groups is 2. The molecule has 3 aromatic rings. The van der Waals surface area contributed by atoms with Gasteiger partial charge in [-0.05, 0) is 130 Å². The molecule has 60 heavy (non-hydrogen) atoms. The molecular weight excluding hydrogens is 781 g/mol. The van der Waals surface area contributed by atoms with E-state index in [1.54, 1.807) is 31.3 Å². The Balaban J connectivity index is 1.42. The first-order chi connectivity index (χ1) is 28.5. The molecule has 4 aliphatic carbocycles. The van der Waals surface area contributed by atoms with Gasteiger partial charge in [0.15, 0.2) is 5.78 Å². The molecule has 7 atom stereocenters. The first kappa shape index (κ1) is 45.6. The van der Waals surface area contributed by atoms with Crippen molar-refractivity contribution in [1.29, 1.82) is 0 Å². The number of carbonyl (C=O) groups excluding carboxylic acids is 2. The van der Waals surface area contributed by atoms with Crippen LogP contribution in [-0.4, -0.2) is 65.6 Å². The largest absolute Gasteiger partial charge is 0.497 e.